The smallest absolute Gasteiger partial charge is 0.252 e. The van der Waals surface area contributed by atoms with Crippen LogP contribution in [0.5, 0.6) is 0 Å². The lowest BCUT2D eigenvalue weighted by molar-refractivity contribution is 1.25. The number of para-hydroxylation sites is 3. The Bertz CT molecular complexity index is 1980. The summed E-state index contributed by atoms with van der Waals surface area (Å²) < 4.78 is 0. The van der Waals surface area contributed by atoms with Gasteiger partial charge in [0.05, 0.1) is 11.6 Å². The zero-order chi connectivity index (χ0) is 27.3. The highest BCUT2D eigenvalue weighted by Gasteiger charge is 2.42. The lowest BCUT2D eigenvalue weighted by Crippen LogP contribution is -2.61. The fraction of sp³-hybridized carbons (Fsp3) is 0. The average Bonchev–Trinajstić information content (AvgIpc) is 3.05. The molecule has 0 unspecified atom stereocenters. The molecular formula is C37H24BN3. The van der Waals surface area contributed by atoms with E-state index in [-0.39, 0.29) is 6.71 Å². The van der Waals surface area contributed by atoms with E-state index in [0.717, 1.165) is 33.9 Å². The van der Waals surface area contributed by atoms with Crippen molar-refractivity contribution in [2.24, 2.45) is 0 Å². The Morgan fingerprint density at radius 1 is 0.463 bits per heavy atom. The first-order chi connectivity index (χ1) is 20.3. The van der Waals surface area contributed by atoms with Crippen molar-refractivity contribution in [2.75, 3.05) is 9.80 Å². The van der Waals surface area contributed by atoms with Gasteiger partial charge in [0.1, 0.15) is 0 Å². The second-order valence-electron chi connectivity index (χ2n) is 10.5. The van der Waals surface area contributed by atoms with E-state index in [1.807, 2.05) is 30.3 Å². The third-order valence-electron chi connectivity index (χ3n) is 8.23. The number of hydrogen-bond donors (Lipinski definition) is 0. The van der Waals surface area contributed by atoms with Gasteiger partial charge in [-0.1, -0.05) is 91.0 Å². The third kappa shape index (κ3) is 3.60. The standard InChI is InChI=1S/C37H24BN3/c39-25-26-22-28(27-12-3-1-4-13-27)24-30(23-26)41-34-19-10-8-17-32(34)38-31-16-7-9-18-33(31)40(29-14-5-2-6-15-29)35-20-11-21-36(41)37(35)38/h1-24H. The van der Waals surface area contributed by atoms with Crippen LogP contribution in [0.4, 0.5) is 34.1 Å². The summed E-state index contributed by atoms with van der Waals surface area (Å²) in [5.74, 6) is 0. The highest BCUT2D eigenvalue weighted by atomic mass is 15.2. The second kappa shape index (κ2) is 9.29. The van der Waals surface area contributed by atoms with E-state index < -0.39 is 0 Å². The summed E-state index contributed by atoms with van der Waals surface area (Å²) in [5.41, 5.74) is 13.4. The molecule has 0 N–H and O–H groups in total. The molecule has 0 fully saturated rings. The van der Waals surface area contributed by atoms with Crippen LogP contribution in [0.2, 0.25) is 0 Å². The normalized spacial score (nSPS) is 12.7. The van der Waals surface area contributed by atoms with Gasteiger partial charge >= 0.3 is 0 Å². The summed E-state index contributed by atoms with van der Waals surface area (Å²) in [7, 11) is 0. The van der Waals surface area contributed by atoms with Gasteiger partial charge in [-0.3, -0.25) is 0 Å². The van der Waals surface area contributed by atoms with Crippen molar-refractivity contribution in [3.63, 3.8) is 0 Å². The van der Waals surface area contributed by atoms with Gasteiger partial charge in [0.15, 0.2) is 0 Å². The second-order valence-corrected chi connectivity index (χ2v) is 10.5. The van der Waals surface area contributed by atoms with Gasteiger partial charge in [-0.05, 0) is 82.1 Å². The molecule has 6 aromatic carbocycles. The van der Waals surface area contributed by atoms with Crippen LogP contribution in [0, 0.1) is 11.3 Å². The molecule has 0 saturated heterocycles. The van der Waals surface area contributed by atoms with Gasteiger partial charge in [-0.2, -0.15) is 5.26 Å². The van der Waals surface area contributed by atoms with E-state index in [9.17, 15) is 5.26 Å². The van der Waals surface area contributed by atoms with E-state index in [2.05, 4.69) is 131 Å². The predicted molar refractivity (Wildman–Crippen MR) is 171 cm³/mol. The molecule has 6 aromatic rings. The number of fused-ring (bicyclic) bond motifs is 4. The Hall–Kier alpha value is -5.53. The van der Waals surface area contributed by atoms with Crippen LogP contribution in [0.15, 0.2) is 146 Å². The molecule has 0 amide bonds. The largest absolute Gasteiger partial charge is 0.311 e. The number of rotatable bonds is 3. The van der Waals surface area contributed by atoms with E-state index >= 15 is 0 Å². The molecule has 2 aliphatic heterocycles. The summed E-state index contributed by atoms with van der Waals surface area (Å²) in [5, 5.41) is 10.1. The molecule has 190 valence electrons. The van der Waals surface area contributed by atoms with Crippen molar-refractivity contribution < 1.29 is 0 Å². The summed E-state index contributed by atoms with van der Waals surface area (Å²) >= 11 is 0. The Morgan fingerprint density at radius 2 is 1.00 bits per heavy atom. The Kier molecular flexibility index (Phi) is 5.30. The van der Waals surface area contributed by atoms with Crippen molar-refractivity contribution in [2.45, 2.75) is 0 Å². The van der Waals surface area contributed by atoms with Crippen molar-refractivity contribution in [1.29, 1.82) is 5.26 Å². The van der Waals surface area contributed by atoms with Crippen LogP contribution in [0.1, 0.15) is 5.56 Å². The molecule has 0 bridgehead atoms. The number of nitriles is 1. The first-order valence-corrected chi connectivity index (χ1v) is 13.9. The highest BCUT2D eigenvalue weighted by Crippen LogP contribution is 2.44. The molecule has 41 heavy (non-hydrogen) atoms. The minimum atomic E-state index is 0.0950. The Balaban J connectivity index is 1.42. The third-order valence-corrected chi connectivity index (χ3v) is 8.23. The van der Waals surface area contributed by atoms with Crippen molar-refractivity contribution in [3.05, 3.63) is 151 Å². The fourth-order valence-electron chi connectivity index (χ4n) is 6.57. The van der Waals surface area contributed by atoms with Gasteiger partial charge in [-0.25, -0.2) is 0 Å². The fourth-order valence-corrected chi connectivity index (χ4v) is 6.57. The van der Waals surface area contributed by atoms with E-state index in [1.165, 1.54) is 27.8 Å². The molecule has 2 heterocycles. The lowest BCUT2D eigenvalue weighted by atomic mass is 9.33. The van der Waals surface area contributed by atoms with Crippen LogP contribution in [0.25, 0.3) is 11.1 Å². The molecule has 0 radical (unpaired) electrons. The van der Waals surface area contributed by atoms with E-state index in [1.54, 1.807) is 0 Å². The lowest BCUT2D eigenvalue weighted by Gasteiger charge is -2.44. The van der Waals surface area contributed by atoms with E-state index in [4.69, 9.17) is 0 Å². The molecule has 2 aliphatic rings. The molecule has 0 saturated carbocycles. The van der Waals surface area contributed by atoms with Crippen LogP contribution < -0.4 is 26.2 Å². The summed E-state index contributed by atoms with van der Waals surface area (Å²) in [6.07, 6.45) is 0. The minimum Gasteiger partial charge on any atom is -0.311 e. The summed E-state index contributed by atoms with van der Waals surface area (Å²) in [6.45, 7) is 0.0950. The van der Waals surface area contributed by atoms with Crippen LogP contribution in [0.3, 0.4) is 0 Å². The van der Waals surface area contributed by atoms with Crippen molar-refractivity contribution in [3.8, 4) is 17.2 Å². The molecule has 3 nitrogen and oxygen atoms in total. The van der Waals surface area contributed by atoms with E-state index in [0.29, 0.717) is 5.56 Å². The average molecular weight is 521 g/mol. The molecular weight excluding hydrogens is 497 g/mol. The molecule has 0 atom stereocenters. The van der Waals surface area contributed by atoms with Crippen molar-refractivity contribution in [1.82, 2.24) is 0 Å². The highest BCUT2D eigenvalue weighted by molar-refractivity contribution is 7.00. The molecule has 0 aromatic heterocycles. The first-order valence-electron chi connectivity index (χ1n) is 13.9. The van der Waals surface area contributed by atoms with Crippen LogP contribution in [-0.4, -0.2) is 6.71 Å². The van der Waals surface area contributed by atoms with Gasteiger partial charge in [-0.15, -0.1) is 0 Å². The van der Waals surface area contributed by atoms with Gasteiger partial charge in [0, 0.05) is 34.1 Å². The maximum Gasteiger partial charge on any atom is 0.252 e. The number of anilines is 6. The zero-order valence-corrected chi connectivity index (χ0v) is 22.3. The minimum absolute atomic E-state index is 0.0950. The molecule has 0 aliphatic carbocycles. The first kappa shape index (κ1) is 23.4. The maximum absolute atomic E-state index is 10.1. The predicted octanol–water partition coefficient (Wildman–Crippen LogP) is 7.31. The van der Waals surface area contributed by atoms with Crippen LogP contribution in [-0.2, 0) is 0 Å². The van der Waals surface area contributed by atoms with Gasteiger partial charge < -0.3 is 9.80 Å². The Morgan fingerprint density at radius 3 is 1.63 bits per heavy atom. The zero-order valence-electron chi connectivity index (χ0n) is 22.3. The maximum atomic E-state index is 10.1. The number of benzene rings is 6. The SMILES string of the molecule is N#Cc1cc(-c2ccccc2)cc(N2c3ccccc3B3c4ccccc4N(c4ccccc4)c4cccc2c43)c1. The quantitative estimate of drug-likeness (QED) is 0.229. The van der Waals surface area contributed by atoms with Crippen molar-refractivity contribution >= 4 is 57.2 Å². The topological polar surface area (TPSA) is 30.3 Å². The number of nitrogens with zero attached hydrogens (tertiary/aromatic N) is 3. The molecule has 8 rings (SSSR count). The molecule has 4 heteroatoms. The Labute approximate surface area is 240 Å². The monoisotopic (exact) mass is 521 g/mol. The summed E-state index contributed by atoms with van der Waals surface area (Å²) in [4.78, 5) is 4.73. The van der Waals surface area contributed by atoms with Gasteiger partial charge in [0.2, 0.25) is 0 Å². The van der Waals surface area contributed by atoms with Crippen LogP contribution >= 0.6 is 0 Å². The molecule has 0 spiro atoms. The number of hydrogen-bond acceptors (Lipinski definition) is 3. The summed E-state index contributed by atoms with van der Waals surface area (Å²) in [6, 6.07) is 53.6. The van der Waals surface area contributed by atoms with Gasteiger partial charge in [0.25, 0.3) is 6.71 Å².